The van der Waals surface area contributed by atoms with Gasteiger partial charge >= 0.3 is 0 Å². The summed E-state index contributed by atoms with van der Waals surface area (Å²) in [5, 5.41) is 2.76. The number of nitrogens with one attached hydrogen (secondary N) is 1. The molecule has 0 radical (unpaired) electrons. The largest absolute Gasteiger partial charge is 0.296 e. The van der Waals surface area contributed by atoms with Gasteiger partial charge in [-0.25, -0.2) is 0 Å². The lowest BCUT2D eigenvalue weighted by Gasteiger charge is -2.24. The van der Waals surface area contributed by atoms with Gasteiger partial charge in [0.15, 0.2) is 0 Å². The lowest BCUT2D eigenvalue weighted by Crippen LogP contribution is -2.29. The zero-order valence-electron chi connectivity index (χ0n) is 7.41. The van der Waals surface area contributed by atoms with Gasteiger partial charge in [-0.2, -0.15) is 11.8 Å². The zero-order chi connectivity index (χ0) is 9.26. The van der Waals surface area contributed by atoms with Crippen LogP contribution in [0, 0.1) is 5.92 Å². The quantitative estimate of drug-likeness (QED) is 0.639. The summed E-state index contributed by atoms with van der Waals surface area (Å²) in [6.07, 6.45) is 3.96. The van der Waals surface area contributed by atoms with Crippen LogP contribution in [0.25, 0.3) is 0 Å². The van der Waals surface area contributed by atoms with Crippen molar-refractivity contribution < 1.29 is 9.59 Å². The molecule has 0 bridgehead atoms. The van der Waals surface area contributed by atoms with Gasteiger partial charge in [0.05, 0.1) is 5.92 Å². The third-order valence-corrected chi connectivity index (χ3v) is 4.19. The van der Waals surface area contributed by atoms with Crippen LogP contribution in [0.5, 0.6) is 0 Å². The van der Waals surface area contributed by atoms with E-state index < -0.39 is 0 Å². The average Bonchev–Trinajstić information content (AvgIpc) is 2.47. The molecule has 13 heavy (non-hydrogen) atoms. The van der Waals surface area contributed by atoms with E-state index in [0.717, 1.165) is 12.2 Å². The molecule has 2 unspecified atom stereocenters. The maximum absolute atomic E-state index is 11.3. The summed E-state index contributed by atoms with van der Waals surface area (Å²) >= 11 is 1.85. The van der Waals surface area contributed by atoms with Crippen molar-refractivity contribution in [3.63, 3.8) is 0 Å². The lowest BCUT2D eigenvalue weighted by molar-refractivity contribution is -0.125. The molecule has 2 fully saturated rings. The van der Waals surface area contributed by atoms with E-state index in [1.807, 2.05) is 11.8 Å². The molecule has 0 spiro atoms. The molecule has 2 aliphatic heterocycles. The molecule has 4 heteroatoms. The SMILES string of the molecule is O=C1CC(C2CCCCS2)C(=O)N1. The first-order chi connectivity index (χ1) is 6.27. The molecule has 72 valence electrons. The van der Waals surface area contributed by atoms with Gasteiger partial charge in [-0.15, -0.1) is 0 Å². The Kier molecular flexibility index (Phi) is 2.58. The normalized spacial score (nSPS) is 34.8. The Bertz CT molecular complexity index is 236. The van der Waals surface area contributed by atoms with Crippen molar-refractivity contribution >= 4 is 23.6 Å². The summed E-state index contributed by atoms with van der Waals surface area (Å²) in [5.74, 6) is 0.950. The van der Waals surface area contributed by atoms with E-state index in [1.54, 1.807) is 0 Å². The third-order valence-electron chi connectivity index (χ3n) is 2.67. The highest BCUT2D eigenvalue weighted by atomic mass is 32.2. The molecular formula is C9H13NO2S. The number of imide groups is 1. The van der Waals surface area contributed by atoms with Crippen molar-refractivity contribution in [2.75, 3.05) is 5.75 Å². The number of amides is 2. The van der Waals surface area contributed by atoms with Crippen LogP contribution in [0.2, 0.25) is 0 Å². The molecular weight excluding hydrogens is 186 g/mol. The predicted octanol–water partition coefficient (Wildman–Crippen LogP) is 0.935. The van der Waals surface area contributed by atoms with Gasteiger partial charge < -0.3 is 0 Å². The first-order valence-corrected chi connectivity index (χ1v) is 5.77. The molecule has 2 heterocycles. The molecule has 2 atom stereocenters. The summed E-state index contributed by atoms with van der Waals surface area (Å²) in [6, 6.07) is 0. The van der Waals surface area contributed by atoms with Gasteiger partial charge in [-0.3, -0.25) is 14.9 Å². The number of carbonyl (C=O) groups excluding carboxylic acids is 2. The van der Waals surface area contributed by atoms with Gasteiger partial charge in [0.25, 0.3) is 0 Å². The Hall–Kier alpha value is -0.510. The number of hydrogen-bond acceptors (Lipinski definition) is 3. The molecule has 3 nitrogen and oxygen atoms in total. The van der Waals surface area contributed by atoms with Crippen LogP contribution in [0.1, 0.15) is 25.7 Å². The topological polar surface area (TPSA) is 46.2 Å². The molecule has 0 saturated carbocycles. The van der Waals surface area contributed by atoms with E-state index in [4.69, 9.17) is 0 Å². The Balaban J connectivity index is 1.99. The van der Waals surface area contributed by atoms with Crippen LogP contribution in [-0.4, -0.2) is 22.8 Å². The molecule has 2 saturated heterocycles. The first kappa shape index (κ1) is 9.06. The first-order valence-electron chi connectivity index (χ1n) is 4.72. The van der Waals surface area contributed by atoms with Crippen LogP contribution in [0.4, 0.5) is 0 Å². The summed E-state index contributed by atoms with van der Waals surface area (Å²) in [4.78, 5) is 22.3. The van der Waals surface area contributed by atoms with Crippen molar-refractivity contribution in [3.05, 3.63) is 0 Å². The molecule has 2 aliphatic rings. The van der Waals surface area contributed by atoms with E-state index >= 15 is 0 Å². The van der Waals surface area contributed by atoms with E-state index in [-0.39, 0.29) is 17.7 Å². The molecule has 2 amide bonds. The predicted molar refractivity (Wildman–Crippen MR) is 51.4 cm³/mol. The lowest BCUT2D eigenvalue weighted by atomic mass is 9.99. The van der Waals surface area contributed by atoms with E-state index in [1.165, 1.54) is 12.8 Å². The van der Waals surface area contributed by atoms with E-state index in [9.17, 15) is 9.59 Å². The molecule has 0 aliphatic carbocycles. The Labute approximate surface area is 81.6 Å². The number of hydrogen-bond donors (Lipinski definition) is 1. The summed E-state index contributed by atoms with van der Waals surface area (Å²) in [6.45, 7) is 0. The van der Waals surface area contributed by atoms with Crippen molar-refractivity contribution in [2.45, 2.75) is 30.9 Å². The Morgan fingerprint density at radius 3 is 2.69 bits per heavy atom. The Morgan fingerprint density at radius 1 is 1.31 bits per heavy atom. The fraction of sp³-hybridized carbons (Fsp3) is 0.778. The second kappa shape index (κ2) is 3.70. The standard InChI is InChI=1S/C9H13NO2S/c11-8-5-6(9(12)10-8)7-3-1-2-4-13-7/h6-7H,1-5H2,(H,10,11,12). The molecule has 0 aromatic rings. The highest BCUT2D eigenvalue weighted by molar-refractivity contribution is 8.00. The second-order valence-electron chi connectivity index (χ2n) is 3.63. The van der Waals surface area contributed by atoms with Gasteiger partial charge in [0.2, 0.25) is 11.8 Å². The minimum Gasteiger partial charge on any atom is -0.296 e. The molecule has 0 aromatic carbocycles. The van der Waals surface area contributed by atoms with Gasteiger partial charge in [0.1, 0.15) is 0 Å². The van der Waals surface area contributed by atoms with Crippen LogP contribution < -0.4 is 5.32 Å². The smallest absolute Gasteiger partial charge is 0.231 e. The molecule has 2 rings (SSSR count). The van der Waals surface area contributed by atoms with Gasteiger partial charge in [-0.05, 0) is 18.6 Å². The monoisotopic (exact) mass is 199 g/mol. The molecule has 0 aromatic heterocycles. The zero-order valence-corrected chi connectivity index (χ0v) is 8.23. The van der Waals surface area contributed by atoms with Crippen molar-refractivity contribution in [2.24, 2.45) is 5.92 Å². The number of carbonyl (C=O) groups is 2. The van der Waals surface area contributed by atoms with E-state index in [2.05, 4.69) is 5.32 Å². The van der Waals surface area contributed by atoms with Crippen LogP contribution in [0.15, 0.2) is 0 Å². The van der Waals surface area contributed by atoms with Crippen molar-refractivity contribution in [1.29, 1.82) is 0 Å². The third kappa shape index (κ3) is 1.88. The van der Waals surface area contributed by atoms with Gasteiger partial charge in [-0.1, -0.05) is 6.42 Å². The summed E-state index contributed by atoms with van der Waals surface area (Å²) < 4.78 is 0. The highest BCUT2D eigenvalue weighted by Gasteiger charge is 2.37. The maximum atomic E-state index is 11.3. The summed E-state index contributed by atoms with van der Waals surface area (Å²) in [5.41, 5.74) is 0. The van der Waals surface area contributed by atoms with E-state index in [0.29, 0.717) is 11.7 Å². The molecule has 1 N–H and O–H groups in total. The van der Waals surface area contributed by atoms with Crippen molar-refractivity contribution in [3.8, 4) is 0 Å². The second-order valence-corrected chi connectivity index (χ2v) is 4.98. The minimum atomic E-state index is -0.0961. The number of rotatable bonds is 1. The van der Waals surface area contributed by atoms with Crippen molar-refractivity contribution in [1.82, 2.24) is 5.32 Å². The fourth-order valence-electron chi connectivity index (χ4n) is 1.96. The van der Waals surface area contributed by atoms with Crippen LogP contribution >= 0.6 is 11.8 Å². The van der Waals surface area contributed by atoms with Crippen LogP contribution in [0.3, 0.4) is 0 Å². The summed E-state index contributed by atoms with van der Waals surface area (Å²) in [7, 11) is 0. The fourth-order valence-corrected chi connectivity index (χ4v) is 3.42. The van der Waals surface area contributed by atoms with Gasteiger partial charge in [0, 0.05) is 11.7 Å². The highest BCUT2D eigenvalue weighted by Crippen LogP contribution is 2.33. The van der Waals surface area contributed by atoms with Crippen LogP contribution in [-0.2, 0) is 9.59 Å². The minimum absolute atomic E-state index is 0.0437. The Morgan fingerprint density at radius 2 is 2.15 bits per heavy atom. The average molecular weight is 199 g/mol. The number of thioether (sulfide) groups is 1. The maximum Gasteiger partial charge on any atom is 0.231 e.